The van der Waals surface area contributed by atoms with Gasteiger partial charge in [0.15, 0.2) is 0 Å². The predicted octanol–water partition coefficient (Wildman–Crippen LogP) is 2.93. The molecule has 1 heterocycles. The fourth-order valence-corrected chi connectivity index (χ4v) is 2.49. The van der Waals surface area contributed by atoms with Crippen LogP contribution < -0.4 is 10.6 Å². The van der Waals surface area contributed by atoms with E-state index in [2.05, 4.69) is 10.6 Å². The third-order valence-corrected chi connectivity index (χ3v) is 3.60. The Morgan fingerprint density at radius 2 is 2.24 bits per heavy atom. The van der Waals surface area contributed by atoms with Gasteiger partial charge in [0, 0.05) is 11.1 Å². The maximum atomic E-state index is 12.0. The lowest BCUT2D eigenvalue weighted by atomic mass is 10.0. The van der Waals surface area contributed by atoms with Crippen LogP contribution in [0.4, 0.5) is 5.69 Å². The van der Waals surface area contributed by atoms with Crippen LogP contribution in [0.3, 0.4) is 0 Å². The van der Waals surface area contributed by atoms with Gasteiger partial charge in [-0.2, -0.15) is 0 Å². The average molecular weight is 273 g/mol. The number of carbonyl (C=O) groups is 1. The minimum atomic E-state index is 0.00162. The highest BCUT2D eigenvalue weighted by Crippen LogP contribution is 2.26. The van der Waals surface area contributed by atoms with Crippen molar-refractivity contribution in [3.8, 4) is 0 Å². The van der Waals surface area contributed by atoms with E-state index in [-0.39, 0.29) is 17.9 Å². The number of hydrogen-bond acceptors (Lipinski definition) is 2. The van der Waals surface area contributed by atoms with Crippen LogP contribution in [0, 0.1) is 5.92 Å². The van der Waals surface area contributed by atoms with E-state index in [0.29, 0.717) is 15.7 Å². The first-order valence-corrected chi connectivity index (χ1v) is 6.33. The van der Waals surface area contributed by atoms with Gasteiger partial charge >= 0.3 is 0 Å². The van der Waals surface area contributed by atoms with Crippen LogP contribution in [0.5, 0.6) is 0 Å². The second kappa shape index (κ2) is 5.25. The van der Waals surface area contributed by atoms with Crippen LogP contribution in [0.1, 0.15) is 13.3 Å². The lowest BCUT2D eigenvalue weighted by Crippen LogP contribution is -2.32. The number of nitrogens with one attached hydrogen (secondary N) is 2. The van der Waals surface area contributed by atoms with Gasteiger partial charge < -0.3 is 10.6 Å². The van der Waals surface area contributed by atoms with Gasteiger partial charge in [0.25, 0.3) is 0 Å². The third kappa shape index (κ3) is 2.92. The Kier molecular flexibility index (Phi) is 3.92. The van der Waals surface area contributed by atoms with Gasteiger partial charge in [-0.15, -0.1) is 0 Å². The van der Waals surface area contributed by atoms with Crippen molar-refractivity contribution in [1.82, 2.24) is 5.32 Å². The van der Waals surface area contributed by atoms with Crippen molar-refractivity contribution in [1.29, 1.82) is 0 Å². The van der Waals surface area contributed by atoms with Gasteiger partial charge in [0.05, 0.1) is 16.6 Å². The molecule has 0 bridgehead atoms. The molecule has 17 heavy (non-hydrogen) atoms. The Balaban J connectivity index is 2.07. The summed E-state index contributed by atoms with van der Waals surface area (Å²) in [7, 11) is 0. The third-order valence-electron chi connectivity index (χ3n) is 3.05. The minimum Gasteiger partial charge on any atom is -0.324 e. The van der Waals surface area contributed by atoms with Crippen molar-refractivity contribution in [2.75, 3.05) is 11.9 Å². The molecule has 92 valence electrons. The molecule has 2 N–H and O–H groups in total. The SMILES string of the molecule is CC1NCCC1C(=O)Nc1ccc(Cl)cc1Cl. The monoisotopic (exact) mass is 272 g/mol. The average Bonchev–Trinajstić information content (AvgIpc) is 2.68. The summed E-state index contributed by atoms with van der Waals surface area (Å²) in [6.45, 7) is 2.90. The lowest BCUT2D eigenvalue weighted by molar-refractivity contribution is -0.119. The van der Waals surface area contributed by atoms with Crippen molar-refractivity contribution in [2.45, 2.75) is 19.4 Å². The summed E-state index contributed by atoms with van der Waals surface area (Å²) < 4.78 is 0. The number of amides is 1. The second-order valence-electron chi connectivity index (χ2n) is 4.25. The van der Waals surface area contributed by atoms with Crippen molar-refractivity contribution < 1.29 is 4.79 Å². The first-order chi connectivity index (χ1) is 8.08. The van der Waals surface area contributed by atoms with E-state index in [1.807, 2.05) is 6.92 Å². The largest absolute Gasteiger partial charge is 0.324 e. The smallest absolute Gasteiger partial charge is 0.229 e. The highest BCUT2D eigenvalue weighted by atomic mass is 35.5. The lowest BCUT2D eigenvalue weighted by Gasteiger charge is -2.15. The van der Waals surface area contributed by atoms with E-state index in [9.17, 15) is 4.79 Å². The molecule has 0 spiro atoms. The Morgan fingerprint density at radius 3 is 2.82 bits per heavy atom. The summed E-state index contributed by atoms with van der Waals surface area (Å²) in [4.78, 5) is 12.0. The fraction of sp³-hybridized carbons (Fsp3) is 0.417. The molecule has 2 atom stereocenters. The second-order valence-corrected chi connectivity index (χ2v) is 5.10. The zero-order chi connectivity index (χ0) is 12.4. The van der Waals surface area contributed by atoms with Gasteiger partial charge in [0.2, 0.25) is 5.91 Å². The standard InChI is InChI=1S/C12H14Cl2N2O/c1-7-9(4-5-15-7)12(17)16-11-3-2-8(13)6-10(11)14/h2-3,6-7,9,15H,4-5H2,1H3,(H,16,17). The van der Waals surface area contributed by atoms with E-state index >= 15 is 0 Å². The number of carbonyl (C=O) groups excluding carboxylic acids is 1. The first-order valence-electron chi connectivity index (χ1n) is 5.57. The number of halogens is 2. The number of anilines is 1. The zero-order valence-corrected chi connectivity index (χ0v) is 11.0. The van der Waals surface area contributed by atoms with Gasteiger partial charge in [-0.1, -0.05) is 23.2 Å². The normalized spacial score (nSPS) is 23.7. The predicted molar refractivity (Wildman–Crippen MR) is 70.7 cm³/mol. The molecule has 0 aromatic heterocycles. The summed E-state index contributed by atoms with van der Waals surface area (Å²) >= 11 is 11.8. The molecular formula is C12H14Cl2N2O. The molecule has 0 saturated carbocycles. The molecular weight excluding hydrogens is 259 g/mol. The van der Waals surface area contributed by atoms with Crippen molar-refractivity contribution in [3.63, 3.8) is 0 Å². The number of benzene rings is 1. The van der Waals surface area contributed by atoms with Gasteiger partial charge in [-0.25, -0.2) is 0 Å². The zero-order valence-electron chi connectivity index (χ0n) is 9.47. The molecule has 0 radical (unpaired) electrons. The Labute approximate surface area is 110 Å². The van der Waals surface area contributed by atoms with Gasteiger partial charge in [-0.3, -0.25) is 4.79 Å². The fourth-order valence-electron chi connectivity index (χ4n) is 2.03. The highest BCUT2D eigenvalue weighted by Gasteiger charge is 2.29. The molecule has 0 aliphatic carbocycles. The number of rotatable bonds is 2. The highest BCUT2D eigenvalue weighted by molar-refractivity contribution is 6.36. The topological polar surface area (TPSA) is 41.1 Å². The Hall–Kier alpha value is -0.770. The van der Waals surface area contributed by atoms with E-state index in [1.54, 1.807) is 18.2 Å². The maximum Gasteiger partial charge on any atom is 0.229 e. The van der Waals surface area contributed by atoms with E-state index < -0.39 is 0 Å². The molecule has 2 unspecified atom stereocenters. The van der Waals surface area contributed by atoms with E-state index in [1.165, 1.54) is 0 Å². The van der Waals surface area contributed by atoms with Crippen LogP contribution in [-0.2, 0) is 4.79 Å². The van der Waals surface area contributed by atoms with Crippen LogP contribution in [-0.4, -0.2) is 18.5 Å². The van der Waals surface area contributed by atoms with Crippen molar-refractivity contribution >= 4 is 34.8 Å². The number of hydrogen-bond donors (Lipinski definition) is 2. The molecule has 1 amide bonds. The van der Waals surface area contributed by atoms with Crippen molar-refractivity contribution in [3.05, 3.63) is 28.2 Å². The summed E-state index contributed by atoms with van der Waals surface area (Å²) in [5.41, 5.74) is 0.611. The maximum absolute atomic E-state index is 12.0. The van der Waals surface area contributed by atoms with E-state index in [0.717, 1.165) is 13.0 Å². The molecule has 2 rings (SSSR count). The molecule has 1 fully saturated rings. The van der Waals surface area contributed by atoms with Crippen LogP contribution in [0.2, 0.25) is 10.0 Å². The molecule has 1 saturated heterocycles. The molecule has 1 aliphatic heterocycles. The van der Waals surface area contributed by atoms with Crippen LogP contribution in [0.25, 0.3) is 0 Å². The van der Waals surface area contributed by atoms with Crippen molar-refractivity contribution in [2.24, 2.45) is 5.92 Å². The van der Waals surface area contributed by atoms with Crippen LogP contribution in [0.15, 0.2) is 18.2 Å². The van der Waals surface area contributed by atoms with Gasteiger partial charge in [0.1, 0.15) is 0 Å². The van der Waals surface area contributed by atoms with Gasteiger partial charge in [-0.05, 0) is 38.1 Å². The molecule has 5 heteroatoms. The summed E-state index contributed by atoms with van der Waals surface area (Å²) in [5, 5.41) is 7.11. The minimum absolute atomic E-state index is 0.00162. The Bertz CT molecular complexity index is 437. The van der Waals surface area contributed by atoms with Crippen LogP contribution >= 0.6 is 23.2 Å². The summed E-state index contributed by atoms with van der Waals surface area (Å²) in [6, 6.07) is 5.26. The summed E-state index contributed by atoms with van der Waals surface area (Å²) in [5.74, 6) is 0.00784. The Morgan fingerprint density at radius 1 is 1.47 bits per heavy atom. The molecule has 1 aromatic rings. The first kappa shape index (κ1) is 12.7. The molecule has 1 aliphatic rings. The summed E-state index contributed by atoms with van der Waals surface area (Å²) in [6.07, 6.45) is 0.859. The van der Waals surface area contributed by atoms with E-state index in [4.69, 9.17) is 23.2 Å². The molecule has 3 nitrogen and oxygen atoms in total. The quantitative estimate of drug-likeness (QED) is 0.869. The molecule has 1 aromatic carbocycles.